The van der Waals surface area contributed by atoms with Crippen molar-refractivity contribution in [1.29, 1.82) is 0 Å². The van der Waals surface area contributed by atoms with E-state index in [1.165, 1.54) is 6.20 Å². The molecule has 0 aromatic carbocycles. The second-order valence-corrected chi connectivity index (χ2v) is 13.8. The van der Waals surface area contributed by atoms with Gasteiger partial charge in [-0.3, -0.25) is 9.80 Å². The van der Waals surface area contributed by atoms with Gasteiger partial charge in [-0.15, -0.1) is 0 Å². The lowest BCUT2D eigenvalue weighted by Crippen LogP contribution is -2.57. The first-order chi connectivity index (χ1) is 18.6. The van der Waals surface area contributed by atoms with Gasteiger partial charge in [0.1, 0.15) is 23.5 Å². The number of ether oxygens (including phenoxy) is 2. The summed E-state index contributed by atoms with van der Waals surface area (Å²) in [5, 5.41) is 0.839. The minimum absolute atomic E-state index is 0.0222. The van der Waals surface area contributed by atoms with Gasteiger partial charge in [0.25, 0.3) is 0 Å². The van der Waals surface area contributed by atoms with Crippen LogP contribution >= 0.6 is 23.4 Å². The number of thioether (sulfide) groups is 1. The summed E-state index contributed by atoms with van der Waals surface area (Å²) in [6.45, 7) is 9.34. The first kappa shape index (κ1) is 27.1. The second kappa shape index (κ2) is 10.1. The molecule has 0 radical (unpaired) electrons. The topological polar surface area (TPSA) is 83.9 Å². The molecule has 1 amide bonds. The Kier molecular flexibility index (Phi) is 6.99. The van der Waals surface area contributed by atoms with Gasteiger partial charge in [-0.2, -0.15) is 21.7 Å². The monoisotopic (exact) mass is 578 g/mol. The number of rotatable bonds is 5. The summed E-state index contributed by atoms with van der Waals surface area (Å²) < 4.78 is 27.2. The maximum Gasteiger partial charge on any atom is 0.410 e. The minimum Gasteiger partial charge on any atom is -0.461 e. The van der Waals surface area contributed by atoms with Crippen LogP contribution in [-0.2, 0) is 4.74 Å². The van der Waals surface area contributed by atoms with Crippen molar-refractivity contribution >= 4 is 46.2 Å². The molecule has 0 aliphatic carbocycles. The zero-order valence-corrected chi connectivity index (χ0v) is 24.5. The molecule has 9 nitrogen and oxygen atoms in total. The number of fused-ring (bicyclic) bond motifs is 4. The average Bonchev–Trinajstić information content (AvgIpc) is 3.52. The number of anilines is 1. The smallest absolute Gasteiger partial charge is 0.410 e. The number of hydrogen-bond donors (Lipinski definition) is 0. The largest absolute Gasteiger partial charge is 0.461 e. The van der Waals surface area contributed by atoms with Gasteiger partial charge in [-0.25, -0.2) is 14.2 Å². The van der Waals surface area contributed by atoms with E-state index in [-0.39, 0.29) is 40.4 Å². The highest BCUT2D eigenvalue weighted by Gasteiger charge is 2.49. The van der Waals surface area contributed by atoms with E-state index in [2.05, 4.69) is 26.0 Å². The standard InChI is InChI=1S/C27H36ClFN6O3S/c1-26(2,3)38-25(36)35-16-6-7-17(35)13-33(12-16)23-19-11-30-22(28)20(29)21(19)31-24(32-23)37-15-27-8-5-9-34(27)14-18(10-27)39-4/h11,16-18H,5-10,12-15H2,1-4H3/t16?,17?,18-,27+/m1/s1. The number of nitrogens with zero attached hydrogens (tertiary/aromatic N) is 6. The van der Waals surface area contributed by atoms with Crippen molar-refractivity contribution in [2.75, 3.05) is 43.9 Å². The van der Waals surface area contributed by atoms with Crippen LogP contribution in [0.15, 0.2) is 6.20 Å². The van der Waals surface area contributed by atoms with Crippen molar-refractivity contribution in [1.82, 2.24) is 24.8 Å². The number of halogens is 2. The lowest BCUT2D eigenvalue weighted by atomic mass is 9.95. The third-order valence-electron chi connectivity index (χ3n) is 8.56. The number of hydrogen-bond acceptors (Lipinski definition) is 9. The number of amides is 1. The third-order valence-corrected chi connectivity index (χ3v) is 9.81. The van der Waals surface area contributed by atoms with Crippen LogP contribution in [0.5, 0.6) is 6.01 Å². The van der Waals surface area contributed by atoms with Crippen molar-refractivity contribution in [3.8, 4) is 6.01 Å². The number of aromatic nitrogens is 3. The molecule has 0 N–H and O–H groups in total. The molecule has 39 heavy (non-hydrogen) atoms. The Balaban J connectivity index is 1.29. The van der Waals surface area contributed by atoms with Crippen LogP contribution < -0.4 is 9.64 Å². The van der Waals surface area contributed by atoms with Crippen molar-refractivity contribution in [3.05, 3.63) is 17.2 Å². The Labute approximate surface area is 237 Å². The summed E-state index contributed by atoms with van der Waals surface area (Å²) >= 11 is 7.96. The summed E-state index contributed by atoms with van der Waals surface area (Å²) in [4.78, 5) is 32.8. The fraction of sp³-hybridized carbons (Fsp3) is 0.704. The van der Waals surface area contributed by atoms with Crippen LogP contribution in [0.3, 0.4) is 0 Å². The second-order valence-electron chi connectivity index (χ2n) is 12.3. The molecule has 2 aromatic rings. The van der Waals surface area contributed by atoms with E-state index in [0.29, 0.717) is 36.2 Å². The van der Waals surface area contributed by atoms with Crippen LogP contribution in [0.4, 0.5) is 15.0 Å². The molecular formula is C27H36ClFN6O3S. The Hall–Kier alpha value is -2.11. The maximum absolute atomic E-state index is 15.2. The predicted molar refractivity (Wildman–Crippen MR) is 150 cm³/mol. The quantitative estimate of drug-likeness (QED) is 0.466. The molecule has 2 unspecified atom stereocenters. The SMILES string of the molecule is CS[C@H]1CN2CCC[C@@]2(COc2nc(N3CC4CCC(C3)N4C(=O)OC(C)(C)C)c3cnc(Cl)c(F)c3n2)C1. The van der Waals surface area contributed by atoms with Crippen molar-refractivity contribution in [3.63, 3.8) is 0 Å². The van der Waals surface area contributed by atoms with Gasteiger partial charge in [0.2, 0.25) is 0 Å². The molecule has 4 aliphatic rings. The Bertz CT molecular complexity index is 1270. The van der Waals surface area contributed by atoms with Gasteiger partial charge in [-0.05, 0) is 65.7 Å². The molecule has 4 atom stereocenters. The van der Waals surface area contributed by atoms with E-state index >= 15 is 4.39 Å². The minimum atomic E-state index is -0.679. The lowest BCUT2D eigenvalue weighted by Gasteiger charge is -2.42. The van der Waals surface area contributed by atoms with Gasteiger partial charge in [-0.1, -0.05) is 11.6 Å². The molecular weight excluding hydrogens is 543 g/mol. The van der Waals surface area contributed by atoms with Crippen molar-refractivity contribution in [2.45, 2.75) is 81.3 Å². The molecule has 0 saturated carbocycles. The number of piperazine rings is 1. The van der Waals surface area contributed by atoms with Crippen molar-refractivity contribution < 1.29 is 18.7 Å². The highest BCUT2D eigenvalue weighted by atomic mass is 35.5. The highest BCUT2D eigenvalue weighted by Crippen LogP contribution is 2.43. The molecule has 212 valence electrons. The average molecular weight is 579 g/mol. The van der Waals surface area contributed by atoms with Crippen LogP contribution in [0.25, 0.3) is 10.9 Å². The lowest BCUT2D eigenvalue weighted by molar-refractivity contribution is 0.0122. The normalized spacial score (nSPS) is 28.8. The number of carbonyl (C=O) groups excluding carboxylic acids is 1. The van der Waals surface area contributed by atoms with Gasteiger partial charge >= 0.3 is 12.1 Å². The molecule has 2 aromatic heterocycles. The van der Waals surface area contributed by atoms with Gasteiger partial charge in [0.05, 0.1) is 23.0 Å². The van der Waals surface area contributed by atoms with E-state index in [1.54, 1.807) is 0 Å². The highest BCUT2D eigenvalue weighted by molar-refractivity contribution is 7.99. The maximum atomic E-state index is 15.2. The number of pyridine rings is 1. The molecule has 4 fully saturated rings. The van der Waals surface area contributed by atoms with E-state index in [4.69, 9.17) is 26.1 Å². The predicted octanol–water partition coefficient (Wildman–Crippen LogP) is 4.75. The molecule has 4 saturated heterocycles. The third kappa shape index (κ3) is 4.99. The summed E-state index contributed by atoms with van der Waals surface area (Å²) in [7, 11) is 0. The molecule has 2 bridgehead atoms. The van der Waals surface area contributed by atoms with E-state index in [0.717, 1.165) is 45.2 Å². The fourth-order valence-electron chi connectivity index (χ4n) is 6.82. The van der Waals surface area contributed by atoms with E-state index in [9.17, 15) is 4.79 Å². The number of carbonyl (C=O) groups is 1. The molecule has 12 heteroatoms. The van der Waals surface area contributed by atoms with Crippen LogP contribution in [0.1, 0.15) is 52.9 Å². The first-order valence-electron chi connectivity index (χ1n) is 13.8. The van der Waals surface area contributed by atoms with Crippen LogP contribution in [-0.4, -0.2) is 98.4 Å². The fourth-order valence-corrected chi connectivity index (χ4v) is 7.76. The summed E-state index contributed by atoms with van der Waals surface area (Å²) in [5.41, 5.74) is -0.487. The van der Waals surface area contributed by atoms with E-state index in [1.807, 2.05) is 37.4 Å². The van der Waals surface area contributed by atoms with Gasteiger partial charge in [0.15, 0.2) is 11.0 Å². The summed E-state index contributed by atoms with van der Waals surface area (Å²) in [5.74, 6) is -0.116. The van der Waals surface area contributed by atoms with Crippen LogP contribution in [0, 0.1) is 5.82 Å². The molecule has 6 heterocycles. The Morgan fingerprint density at radius 3 is 2.67 bits per heavy atom. The van der Waals surface area contributed by atoms with Crippen LogP contribution in [0.2, 0.25) is 5.15 Å². The Morgan fingerprint density at radius 2 is 1.97 bits per heavy atom. The zero-order valence-electron chi connectivity index (χ0n) is 23.0. The molecule has 4 aliphatic heterocycles. The first-order valence-corrected chi connectivity index (χ1v) is 15.4. The summed E-state index contributed by atoms with van der Waals surface area (Å²) in [6.07, 6.45) is 8.44. The summed E-state index contributed by atoms with van der Waals surface area (Å²) in [6, 6.07) is 0.103. The molecule has 0 spiro atoms. The zero-order chi connectivity index (χ0) is 27.5. The van der Waals surface area contributed by atoms with Crippen molar-refractivity contribution in [2.24, 2.45) is 0 Å². The Morgan fingerprint density at radius 1 is 1.23 bits per heavy atom. The molecule has 6 rings (SSSR count). The van der Waals surface area contributed by atoms with Gasteiger partial charge < -0.3 is 14.4 Å². The van der Waals surface area contributed by atoms with E-state index < -0.39 is 11.4 Å². The van der Waals surface area contributed by atoms with Gasteiger partial charge in [0, 0.05) is 31.1 Å².